The van der Waals surface area contributed by atoms with Crippen LogP contribution in [0, 0.1) is 0 Å². The molecule has 1 saturated heterocycles. The van der Waals surface area contributed by atoms with E-state index in [0.29, 0.717) is 15.8 Å². The normalized spacial score (nSPS) is 21.7. The van der Waals surface area contributed by atoms with Crippen LogP contribution < -0.4 is 5.73 Å². The van der Waals surface area contributed by atoms with E-state index in [1.54, 1.807) is 6.07 Å². The summed E-state index contributed by atoms with van der Waals surface area (Å²) in [6.45, 7) is 3.83. The molecule has 0 aliphatic carbocycles. The number of carbonyl (C=O) groups excluding carboxylic acids is 1. The van der Waals surface area contributed by atoms with Gasteiger partial charge in [-0.2, -0.15) is 11.8 Å². The largest absolute Gasteiger partial charge is 0.397 e. The van der Waals surface area contributed by atoms with Crippen molar-refractivity contribution in [3.8, 4) is 0 Å². The van der Waals surface area contributed by atoms with E-state index in [0.717, 1.165) is 18.8 Å². The molecule has 0 bridgehead atoms. The number of rotatable bonds is 1. The van der Waals surface area contributed by atoms with Gasteiger partial charge in [-0.1, -0.05) is 6.92 Å². The van der Waals surface area contributed by atoms with E-state index >= 15 is 0 Å². The van der Waals surface area contributed by atoms with Gasteiger partial charge >= 0.3 is 0 Å². The third-order valence-electron chi connectivity index (χ3n) is 2.42. The lowest BCUT2D eigenvalue weighted by Gasteiger charge is -2.30. The number of thiophene rings is 1. The molecule has 2 heterocycles. The molecule has 2 rings (SSSR count). The summed E-state index contributed by atoms with van der Waals surface area (Å²) in [7, 11) is 0. The highest BCUT2D eigenvalue weighted by Gasteiger charge is 2.24. The molecule has 2 N–H and O–H groups in total. The quantitative estimate of drug-likeness (QED) is 0.818. The second-order valence-electron chi connectivity index (χ2n) is 3.64. The van der Waals surface area contributed by atoms with Gasteiger partial charge < -0.3 is 10.6 Å². The number of anilines is 1. The average Bonchev–Trinajstić information content (AvgIpc) is 2.63. The van der Waals surface area contributed by atoms with E-state index in [1.165, 1.54) is 11.3 Å². The minimum atomic E-state index is 0.0923. The summed E-state index contributed by atoms with van der Waals surface area (Å²) >= 11 is 3.35. The molecule has 1 aliphatic heterocycles. The number of nitrogens with two attached hydrogens (primary N) is 1. The Hall–Kier alpha value is -0.680. The fourth-order valence-corrected chi connectivity index (χ4v) is 3.44. The molecule has 0 spiro atoms. The molecule has 1 atom stereocenters. The maximum Gasteiger partial charge on any atom is 0.266 e. The lowest BCUT2D eigenvalue weighted by molar-refractivity contribution is 0.0769. The Balaban J connectivity index is 2.11. The first kappa shape index (κ1) is 10.8. The van der Waals surface area contributed by atoms with Crippen LogP contribution in [0.5, 0.6) is 0 Å². The molecule has 1 aliphatic rings. The maximum atomic E-state index is 12.1. The van der Waals surface area contributed by atoms with Gasteiger partial charge in [0.15, 0.2) is 0 Å². The fraction of sp³-hybridized carbons (Fsp3) is 0.500. The van der Waals surface area contributed by atoms with Gasteiger partial charge in [-0.25, -0.2) is 0 Å². The Kier molecular flexibility index (Phi) is 3.21. The van der Waals surface area contributed by atoms with Crippen LogP contribution in [0.3, 0.4) is 0 Å². The fourth-order valence-electron chi connectivity index (χ4n) is 1.64. The number of amides is 1. The van der Waals surface area contributed by atoms with Crippen molar-refractivity contribution in [3.05, 3.63) is 16.3 Å². The minimum absolute atomic E-state index is 0.0923. The number of hydrogen-bond acceptors (Lipinski definition) is 4. The monoisotopic (exact) mass is 242 g/mol. The molecular formula is C10H14N2OS2. The molecule has 1 amide bonds. The van der Waals surface area contributed by atoms with Gasteiger partial charge in [0.25, 0.3) is 5.91 Å². The predicted molar refractivity (Wildman–Crippen MR) is 66.6 cm³/mol. The van der Waals surface area contributed by atoms with Crippen LogP contribution in [0.2, 0.25) is 0 Å². The molecular weight excluding hydrogens is 228 g/mol. The van der Waals surface area contributed by atoms with Crippen molar-refractivity contribution in [2.45, 2.75) is 12.2 Å². The summed E-state index contributed by atoms with van der Waals surface area (Å²) < 4.78 is 0. The summed E-state index contributed by atoms with van der Waals surface area (Å²) in [6, 6.07) is 1.79. The highest BCUT2D eigenvalue weighted by molar-refractivity contribution is 7.99. The van der Waals surface area contributed by atoms with E-state index in [2.05, 4.69) is 6.92 Å². The van der Waals surface area contributed by atoms with Crippen LogP contribution >= 0.6 is 23.1 Å². The molecule has 15 heavy (non-hydrogen) atoms. The second-order valence-corrected chi connectivity index (χ2v) is 6.10. The minimum Gasteiger partial charge on any atom is -0.397 e. The Morgan fingerprint density at radius 1 is 1.67 bits per heavy atom. The van der Waals surface area contributed by atoms with Crippen LogP contribution in [-0.2, 0) is 0 Å². The van der Waals surface area contributed by atoms with E-state index < -0.39 is 0 Å². The van der Waals surface area contributed by atoms with Crippen molar-refractivity contribution in [1.29, 1.82) is 0 Å². The zero-order chi connectivity index (χ0) is 10.8. The standard InChI is InChI=1S/C10H14N2OS2/c1-7-6-12(3-5-14-7)10(13)9-8(11)2-4-15-9/h2,4,7H,3,5-6,11H2,1H3. The molecule has 82 valence electrons. The first-order chi connectivity index (χ1) is 7.18. The van der Waals surface area contributed by atoms with Gasteiger partial charge in [-0.3, -0.25) is 4.79 Å². The van der Waals surface area contributed by atoms with Gasteiger partial charge in [-0.05, 0) is 11.4 Å². The topological polar surface area (TPSA) is 46.3 Å². The lowest BCUT2D eigenvalue weighted by atomic mass is 10.3. The molecule has 1 aromatic heterocycles. The number of thioether (sulfide) groups is 1. The van der Waals surface area contributed by atoms with Gasteiger partial charge in [0.1, 0.15) is 4.88 Å². The van der Waals surface area contributed by atoms with Crippen molar-refractivity contribution < 1.29 is 4.79 Å². The van der Waals surface area contributed by atoms with Gasteiger partial charge in [0, 0.05) is 24.1 Å². The van der Waals surface area contributed by atoms with Crippen molar-refractivity contribution in [2.75, 3.05) is 24.6 Å². The summed E-state index contributed by atoms with van der Waals surface area (Å²) in [5.41, 5.74) is 6.35. The van der Waals surface area contributed by atoms with Crippen LogP contribution in [0.25, 0.3) is 0 Å². The third kappa shape index (κ3) is 2.29. The van der Waals surface area contributed by atoms with Crippen LogP contribution in [0.4, 0.5) is 5.69 Å². The Bertz CT molecular complexity index is 364. The predicted octanol–water partition coefficient (Wildman–Crippen LogP) is 1.91. The average molecular weight is 242 g/mol. The van der Waals surface area contributed by atoms with E-state index in [4.69, 9.17) is 5.73 Å². The number of hydrogen-bond donors (Lipinski definition) is 1. The lowest BCUT2D eigenvalue weighted by Crippen LogP contribution is -2.40. The van der Waals surface area contributed by atoms with Crippen molar-refractivity contribution >= 4 is 34.7 Å². The second kappa shape index (κ2) is 4.45. The summed E-state index contributed by atoms with van der Waals surface area (Å²) in [5.74, 6) is 1.12. The number of nitrogens with zero attached hydrogens (tertiary/aromatic N) is 1. The van der Waals surface area contributed by atoms with E-state index in [9.17, 15) is 4.79 Å². The van der Waals surface area contributed by atoms with Crippen molar-refractivity contribution in [3.63, 3.8) is 0 Å². The highest BCUT2D eigenvalue weighted by Crippen LogP contribution is 2.24. The van der Waals surface area contributed by atoms with E-state index in [-0.39, 0.29) is 5.91 Å². The molecule has 5 heteroatoms. The summed E-state index contributed by atoms with van der Waals surface area (Å²) in [6.07, 6.45) is 0. The molecule has 1 fully saturated rings. The van der Waals surface area contributed by atoms with Crippen molar-refractivity contribution in [1.82, 2.24) is 4.90 Å². The van der Waals surface area contributed by atoms with Crippen molar-refractivity contribution in [2.24, 2.45) is 0 Å². The number of carbonyl (C=O) groups is 1. The maximum absolute atomic E-state index is 12.1. The zero-order valence-electron chi connectivity index (χ0n) is 8.60. The van der Waals surface area contributed by atoms with Gasteiger partial charge in [-0.15, -0.1) is 11.3 Å². The molecule has 0 saturated carbocycles. The first-order valence-electron chi connectivity index (χ1n) is 4.92. The molecule has 0 radical (unpaired) electrons. The van der Waals surface area contributed by atoms with Crippen LogP contribution in [0.15, 0.2) is 11.4 Å². The Morgan fingerprint density at radius 2 is 2.47 bits per heavy atom. The van der Waals surface area contributed by atoms with Gasteiger partial charge in [0.2, 0.25) is 0 Å². The number of nitrogen functional groups attached to an aromatic ring is 1. The molecule has 1 aromatic rings. The van der Waals surface area contributed by atoms with Gasteiger partial charge in [0.05, 0.1) is 5.69 Å². The summed E-state index contributed by atoms with van der Waals surface area (Å²) in [4.78, 5) is 14.7. The third-order valence-corrected chi connectivity index (χ3v) is 4.47. The van der Waals surface area contributed by atoms with Crippen LogP contribution in [-0.4, -0.2) is 34.9 Å². The Labute approximate surface area is 97.6 Å². The summed E-state index contributed by atoms with van der Waals surface area (Å²) in [5, 5.41) is 2.40. The van der Waals surface area contributed by atoms with Crippen LogP contribution in [0.1, 0.15) is 16.6 Å². The Morgan fingerprint density at radius 3 is 3.07 bits per heavy atom. The molecule has 3 nitrogen and oxygen atoms in total. The first-order valence-corrected chi connectivity index (χ1v) is 6.85. The smallest absolute Gasteiger partial charge is 0.266 e. The SMILES string of the molecule is CC1CN(C(=O)c2sccc2N)CCS1. The van der Waals surface area contributed by atoms with E-state index in [1.807, 2.05) is 22.0 Å². The molecule has 1 unspecified atom stereocenters. The molecule has 0 aromatic carbocycles. The highest BCUT2D eigenvalue weighted by atomic mass is 32.2. The zero-order valence-corrected chi connectivity index (χ0v) is 10.2.